The minimum Gasteiger partial charge on any atom is -0.495 e. The number of halogens is 1. The fourth-order valence-corrected chi connectivity index (χ4v) is 4.70. The number of hydrogen-bond acceptors (Lipinski definition) is 9. The maximum absolute atomic E-state index is 13.1. The molecule has 0 saturated carbocycles. The van der Waals surface area contributed by atoms with Crippen LogP contribution in [0, 0.1) is 0 Å². The Labute approximate surface area is 210 Å². The normalized spacial score (nSPS) is 20.6. The number of nitrogens with one attached hydrogen (secondary N) is 2. The molecule has 1 unspecified atom stereocenters. The lowest BCUT2D eigenvalue weighted by Gasteiger charge is -2.30. The molecule has 2 aliphatic heterocycles. The number of methoxy groups -OCH3 is 1. The van der Waals surface area contributed by atoms with Crippen molar-refractivity contribution in [2.45, 2.75) is 31.5 Å². The zero-order valence-electron chi connectivity index (χ0n) is 20.2. The molecule has 2 fully saturated rings. The number of likely N-dealkylation sites (N-methyl/N-ethyl adjacent to an activating group) is 1. The number of carbonyl (C=O) groups excluding carboxylic acids is 1. The number of amides is 1. The fourth-order valence-electron chi connectivity index (χ4n) is 4.42. The van der Waals surface area contributed by atoms with Crippen LogP contribution in [0.4, 0.5) is 11.6 Å². The lowest BCUT2D eigenvalue weighted by atomic mass is 10.2. The second-order valence-corrected chi connectivity index (χ2v) is 9.29. The average Bonchev–Trinajstić information content (AvgIpc) is 3.35. The zero-order valence-corrected chi connectivity index (χ0v) is 20.9. The van der Waals surface area contributed by atoms with E-state index in [0.29, 0.717) is 42.1 Å². The Morgan fingerprint density at radius 2 is 2.23 bits per heavy atom. The summed E-state index contributed by atoms with van der Waals surface area (Å²) in [6.45, 7) is 3.89. The van der Waals surface area contributed by atoms with Gasteiger partial charge >= 0.3 is 0 Å². The van der Waals surface area contributed by atoms with E-state index in [1.54, 1.807) is 19.4 Å². The van der Waals surface area contributed by atoms with Gasteiger partial charge in [0, 0.05) is 32.7 Å². The average molecular weight is 505 g/mol. The summed E-state index contributed by atoms with van der Waals surface area (Å²) in [7, 11) is 3.60. The van der Waals surface area contributed by atoms with Gasteiger partial charge in [-0.1, -0.05) is 17.7 Å². The van der Waals surface area contributed by atoms with Gasteiger partial charge in [0.05, 0.1) is 43.7 Å². The lowest BCUT2D eigenvalue weighted by Crippen LogP contribution is -2.46. The molecular formula is C24H33ClN6O4. The molecule has 35 heavy (non-hydrogen) atoms. The van der Waals surface area contributed by atoms with E-state index in [-0.39, 0.29) is 30.4 Å². The predicted octanol–water partition coefficient (Wildman–Crippen LogP) is 1.77. The van der Waals surface area contributed by atoms with Crippen molar-refractivity contribution in [3.8, 4) is 5.75 Å². The van der Waals surface area contributed by atoms with Crippen LogP contribution in [0.1, 0.15) is 28.9 Å². The van der Waals surface area contributed by atoms with Gasteiger partial charge in [-0.3, -0.25) is 4.79 Å². The molecule has 4 rings (SSSR count). The van der Waals surface area contributed by atoms with Gasteiger partial charge in [0.1, 0.15) is 11.6 Å². The van der Waals surface area contributed by atoms with Crippen LogP contribution in [0.5, 0.6) is 5.75 Å². The van der Waals surface area contributed by atoms with Crippen LogP contribution in [0.2, 0.25) is 5.02 Å². The van der Waals surface area contributed by atoms with E-state index >= 15 is 0 Å². The van der Waals surface area contributed by atoms with Crippen LogP contribution in [0.3, 0.4) is 0 Å². The molecule has 0 spiro atoms. The molecule has 3 heterocycles. The third-order valence-electron chi connectivity index (χ3n) is 6.37. The first kappa shape index (κ1) is 25.4. The summed E-state index contributed by atoms with van der Waals surface area (Å²) in [5.41, 5.74) is 1.11. The van der Waals surface area contributed by atoms with Crippen molar-refractivity contribution in [1.29, 1.82) is 0 Å². The van der Waals surface area contributed by atoms with E-state index < -0.39 is 0 Å². The molecule has 0 aliphatic carbocycles. The highest BCUT2D eigenvalue weighted by Gasteiger charge is 2.27. The molecule has 1 aromatic heterocycles. The number of morpholine rings is 1. The van der Waals surface area contributed by atoms with Crippen molar-refractivity contribution in [3.05, 3.63) is 40.7 Å². The number of hydrogen-bond donors (Lipinski definition) is 3. The highest BCUT2D eigenvalue weighted by molar-refractivity contribution is 6.32. The summed E-state index contributed by atoms with van der Waals surface area (Å²) in [4.78, 5) is 26.5. The lowest BCUT2D eigenvalue weighted by molar-refractivity contribution is -0.0175. The Bertz CT molecular complexity index is 1030. The number of aliphatic hydroxyl groups is 1. The van der Waals surface area contributed by atoms with E-state index in [1.807, 2.05) is 24.1 Å². The number of ether oxygens (including phenoxy) is 2. The third kappa shape index (κ3) is 6.32. The third-order valence-corrected chi connectivity index (χ3v) is 6.66. The molecule has 3 N–H and O–H groups in total. The van der Waals surface area contributed by atoms with Crippen LogP contribution in [-0.2, 0) is 11.3 Å². The van der Waals surface area contributed by atoms with E-state index in [1.165, 1.54) is 0 Å². The number of anilines is 2. The summed E-state index contributed by atoms with van der Waals surface area (Å²) in [5.74, 6) is 1.27. The van der Waals surface area contributed by atoms with Crippen molar-refractivity contribution in [1.82, 2.24) is 20.2 Å². The first-order chi connectivity index (χ1) is 17.0. The summed E-state index contributed by atoms with van der Waals surface area (Å²) in [6.07, 6.45) is 3.39. The van der Waals surface area contributed by atoms with Crippen molar-refractivity contribution in [2.24, 2.45) is 0 Å². The van der Waals surface area contributed by atoms with E-state index in [4.69, 9.17) is 26.1 Å². The second kappa shape index (κ2) is 11.9. The van der Waals surface area contributed by atoms with E-state index in [0.717, 1.165) is 38.0 Å². The molecular weight excluding hydrogens is 472 g/mol. The summed E-state index contributed by atoms with van der Waals surface area (Å²) < 4.78 is 11.0. The number of rotatable bonds is 9. The summed E-state index contributed by atoms with van der Waals surface area (Å²) >= 11 is 6.27. The molecule has 190 valence electrons. The largest absolute Gasteiger partial charge is 0.495 e. The SMILES string of the molecule is COc1ccc(CNc2nc(N3CCCC3CO)cnc2C(=O)NC[C@H]2CN(C)CCO2)cc1Cl. The summed E-state index contributed by atoms with van der Waals surface area (Å²) in [5, 5.41) is 16.4. The van der Waals surface area contributed by atoms with Crippen LogP contribution < -0.4 is 20.3 Å². The molecule has 10 nitrogen and oxygen atoms in total. The highest BCUT2D eigenvalue weighted by atomic mass is 35.5. The molecule has 2 atom stereocenters. The van der Waals surface area contributed by atoms with Gasteiger partial charge in [0.2, 0.25) is 0 Å². The van der Waals surface area contributed by atoms with Crippen LogP contribution in [-0.4, -0.2) is 91.6 Å². The predicted molar refractivity (Wildman–Crippen MR) is 134 cm³/mol. The highest BCUT2D eigenvalue weighted by Crippen LogP contribution is 2.27. The van der Waals surface area contributed by atoms with Gasteiger partial charge < -0.3 is 35.0 Å². The van der Waals surface area contributed by atoms with Crippen LogP contribution >= 0.6 is 11.6 Å². The molecule has 2 aromatic rings. The van der Waals surface area contributed by atoms with Crippen LogP contribution in [0.15, 0.2) is 24.4 Å². The molecule has 11 heteroatoms. The van der Waals surface area contributed by atoms with Gasteiger partial charge in [0.25, 0.3) is 5.91 Å². The Hall–Kier alpha value is -2.66. The number of nitrogens with zero attached hydrogens (tertiary/aromatic N) is 4. The Morgan fingerprint density at radius 3 is 2.97 bits per heavy atom. The van der Waals surface area contributed by atoms with Gasteiger partial charge in [-0.2, -0.15) is 0 Å². The standard InChI is InChI=1S/C24H33ClN6O4/c1-30-8-9-35-18(14-30)12-28-24(33)22-23(27-11-16-5-6-20(34-2)19(25)10-16)29-21(13-26-22)31-7-3-4-17(31)15-32/h5-6,10,13,17-18,32H,3-4,7-9,11-12,14-15H2,1-2H3,(H,27,29)(H,28,33)/t17?,18-/m0/s1. The Balaban J connectivity index is 1.52. The topological polar surface area (TPSA) is 112 Å². The minimum absolute atomic E-state index is 0.00217. The van der Waals surface area contributed by atoms with Gasteiger partial charge in [-0.25, -0.2) is 9.97 Å². The van der Waals surface area contributed by atoms with E-state index in [9.17, 15) is 9.90 Å². The number of aliphatic hydroxyl groups excluding tert-OH is 1. The Morgan fingerprint density at radius 1 is 1.37 bits per heavy atom. The monoisotopic (exact) mass is 504 g/mol. The molecule has 2 saturated heterocycles. The van der Waals surface area contributed by atoms with Crippen molar-refractivity contribution >= 4 is 29.1 Å². The van der Waals surface area contributed by atoms with Crippen LogP contribution in [0.25, 0.3) is 0 Å². The van der Waals surface area contributed by atoms with Crippen molar-refractivity contribution in [2.75, 3.05) is 63.8 Å². The van der Waals surface area contributed by atoms with E-state index in [2.05, 4.69) is 20.5 Å². The minimum atomic E-state index is -0.323. The molecule has 2 aliphatic rings. The quantitative estimate of drug-likeness (QED) is 0.470. The first-order valence-electron chi connectivity index (χ1n) is 11.9. The smallest absolute Gasteiger partial charge is 0.273 e. The number of carbonyl (C=O) groups is 1. The Kier molecular flexibility index (Phi) is 8.61. The number of benzene rings is 1. The molecule has 0 radical (unpaired) electrons. The van der Waals surface area contributed by atoms with Gasteiger partial charge in [0.15, 0.2) is 11.5 Å². The van der Waals surface area contributed by atoms with Gasteiger partial charge in [-0.05, 0) is 37.6 Å². The maximum atomic E-state index is 13.1. The molecule has 1 aromatic carbocycles. The zero-order chi connectivity index (χ0) is 24.8. The van der Waals surface area contributed by atoms with Crippen molar-refractivity contribution in [3.63, 3.8) is 0 Å². The fraction of sp³-hybridized carbons (Fsp3) is 0.542. The molecule has 0 bridgehead atoms. The molecule has 1 amide bonds. The first-order valence-corrected chi connectivity index (χ1v) is 12.3. The number of aromatic nitrogens is 2. The van der Waals surface area contributed by atoms with Crippen molar-refractivity contribution < 1.29 is 19.4 Å². The van der Waals surface area contributed by atoms with Gasteiger partial charge in [-0.15, -0.1) is 0 Å². The maximum Gasteiger partial charge on any atom is 0.273 e. The second-order valence-electron chi connectivity index (χ2n) is 8.88. The summed E-state index contributed by atoms with van der Waals surface area (Å²) in [6, 6.07) is 5.50.